The molecule has 0 aliphatic heterocycles. The van der Waals surface area contributed by atoms with Crippen LogP contribution in [-0.4, -0.2) is 6.61 Å². The summed E-state index contributed by atoms with van der Waals surface area (Å²) in [5, 5.41) is 0. The molecule has 0 unspecified atom stereocenters. The van der Waals surface area contributed by atoms with Crippen LogP contribution in [0, 0.1) is 5.92 Å². The Morgan fingerprint density at radius 1 is 1.29 bits per heavy atom. The maximum atomic E-state index is 5.08. The smallest absolute Gasteiger partial charge is 0.165 e. The highest BCUT2D eigenvalue weighted by molar-refractivity contribution is 5.48. The standard InChI is InChI=1S/C12H16O2/c1-4-11-5-7-12(8-6-11)14-13-9-10(2)3/h4-8,10H,1,9H2,2-3H3. The van der Waals surface area contributed by atoms with E-state index in [1.165, 1.54) is 0 Å². The Morgan fingerprint density at radius 2 is 1.93 bits per heavy atom. The summed E-state index contributed by atoms with van der Waals surface area (Å²) in [4.78, 5) is 10.1. The molecular formula is C12H16O2. The van der Waals surface area contributed by atoms with Crippen LogP contribution in [0.25, 0.3) is 6.08 Å². The molecule has 2 heteroatoms. The molecule has 2 nitrogen and oxygen atoms in total. The molecule has 0 bridgehead atoms. The molecule has 0 heterocycles. The van der Waals surface area contributed by atoms with E-state index in [4.69, 9.17) is 9.78 Å². The van der Waals surface area contributed by atoms with Crippen LogP contribution in [0.2, 0.25) is 0 Å². The first-order valence-electron chi connectivity index (χ1n) is 4.74. The summed E-state index contributed by atoms with van der Waals surface area (Å²) < 4.78 is 0. The molecule has 0 aromatic heterocycles. The van der Waals surface area contributed by atoms with Crippen molar-refractivity contribution in [2.45, 2.75) is 13.8 Å². The minimum atomic E-state index is 0.474. The number of rotatable bonds is 5. The molecule has 0 atom stereocenters. The Bertz CT molecular complexity index is 275. The quantitative estimate of drug-likeness (QED) is 0.526. The van der Waals surface area contributed by atoms with Crippen molar-refractivity contribution >= 4 is 6.08 Å². The Hall–Kier alpha value is -1.28. The van der Waals surface area contributed by atoms with Crippen LogP contribution in [-0.2, 0) is 4.89 Å². The first kappa shape index (κ1) is 10.8. The molecule has 1 aromatic rings. The maximum absolute atomic E-state index is 5.08. The van der Waals surface area contributed by atoms with E-state index in [1.807, 2.05) is 24.3 Å². The summed E-state index contributed by atoms with van der Waals surface area (Å²) in [7, 11) is 0. The highest BCUT2D eigenvalue weighted by Crippen LogP contribution is 2.13. The van der Waals surface area contributed by atoms with Gasteiger partial charge in [-0.3, -0.25) is 0 Å². The SMILES string of the molecule is C=Cc1ccc(OOCC(C)C)cc1. The van der Waals surface area contributed by atoms with E-state index < -0.39 is 0 Å². The normalized spacial score (nSPS) is 10.2. The lowest BCUT2D eigenvalue weighted by Crippen LogP contribution is -2.04. The van der Waals surface area contributed by atoms with Gasteiger partial charge in [-0.05, 0) is 23.6 Å². The Labute approximate surface area is 85.1 Å². The lowest BCUT2D eigenvalue weighted by Gasteiger charge is -2.06. The predicted molar refractivity (Wildman–Crippen MR) is 58.0 cm³/mol. The number of benzene rings is 1. The van der Waals surface area contributed by atoms with Gasteiger partial charge >= 0.3 is 0 Å². The third kappa shape index (κ3) is 3.62. The van der Waals surface area contributed by atoms with Crippen LogP contribution in [0.4, 0.5) is 0 Å². The first-order valence-corrected chi connectivity index (χ1v) is 4.74. The summed E-state index contributed by atoms with van der Waals surface area (Å²) in [6.07, 6.45) is 1.79. The van der Waals surface area contributed by atoms with Gasteiger partial charge in [0.05, 0.1) is 6.61 Å². The van der Waals surface area contributed by atoms with Crippen molar-refractivity contribution in [3.05, 3.63) is 36.4 Å². The number of hydrogen-bond donors (Lipinski definition) is 0. The summed E-state index contributed by atoms with van der Waals surface area (Å²) in [5.74, 6) is 1.19. The van der Waals surface area contributed by atoms with Crippen LogP contribution in [0.1, 0.15) is 19.4 Å². The molecule has 0 saturated carbocycles. The van der Waals surface area contributed by atoms with Crippen LogP contribution < -0.4 is 4.89 Å². The fraction of sp³-hybridized carbons (Fsp3) is 0.333. The summed E-state index contributed by atoms with van der Waals surface area (Å²) >= 11 is 0. The van der Waals surface area contributed by atoms with E-state index in [-0.39, 0.29) is 0 Å². The Balaban J connectivity index is 2.40. The third-order valence-corrected chi connectivity index (χ3v) is 1.67. The van der Waals surface area contributed by atoms with Gasteiger partial charge in [-0.2, -0.15) is 4.89 Å². The zero-order valence-corrected chi connectivity index (χ0v) is 8.69. The van der Waals surface area contributed by atoms with Crippen molar-refractivity contribution in [1.82, 2.24) is 0 Å². The van der Waals surface area contributed by atoms with E-state index in [0.717, 1.165) is 11.3 Å². The molecule has 14 heavy (non-hydrogen) atoms. The zero-order chi connectivity index (χ0) is 10.4. The van der Waals surface area contributed by atoms with E-state index in [9.17, 15) is 0 Å². The van der Waals surface area contributed by atoms with Gasteiger partial charge in [-0.15, -0.1) is 0 Å². The molecule has 0 aliphatic rings. The predicted octanol–water partition coefficient (Wildman–Crippen LogP) is 3.30. The zero-order valence-electron chi connectivity index (χ0n) is 8.69. The van der Waals surface area contributed by atoms with Crippen molar-refractivity contribution in [3.63, 3.8) is 0 Å². The second-order valence-electron chi connectivity index (χ2n) is 3.53. The molecule has 0 saturated heterocycles. The van der Waals surface area contributed by atoms with E-state index >= 15 is 0 Å². The molecular weight excluding hydrogens is 176 g/mol. The van der Waals surface area contributed by atoms with Crippen LogP contribution in [0.5, 0.6) is 5.75 Å². The van der Waals surface area contributed by atoms with E-state index in [0.29, 0.717) is 12.5 Å². The van der Waals surface area contributed by atoms with Crippen LogP contribution in [0.15, 0.2) is 30.8 Å². The first-order chi connectivity index (χ1) is 6.72. The van der Waals surface area contributed by atoms with Crippen molar-refractivity contribution in [1.29, 1.82) is 0 Å². The molecule has 0 aliphatic carbocycles. The van der Waals surface area contributed by atoms with Gasteiger partial charge in [-0.1, -0.05) is 38.6 Å². The van der Waals surface area contributed by atoms with Gasteiger partial charge in [0.15, 0.2) is 5.75 Å². The van der Waals surface area contributed by atoms with Gasteiger partial charge < -0.3 is 4.89 Å². The fourth-order valence-corrected chi connectivity index (χ4v) is 0.898. The molecule has 0 radical (unpaired) electrons. The largest absolute Gasteiger partial charge is 0.338 e. The second-order valence-corrected chi connectivity index (χ2v) is 3.53. The van der Waals surface area contributed by atoms with Gasteiger partial charge in [0.2, 0.25) is 0 Å². The summed E-state index contributed by atoms with van der Waals surface area (Å²) in [6.45, 7) is 8.42. The van der Waals surface area contributed by atoms with Crippen molar-refractivity contribution in [2.24, 2.45) is 5.92 Å². The lowest BCUT2D eigenvalue weighted by molar-refractivity contribution is -0.214. The number of hydrogen-bond acceptors (Lipinski definition) is 2. The lowest BCUT2D eigenvalue weighted by atomic mass is 10.2. The van der Waals surface area contributed by atoms with Gasteiger partial charge in [-0.25, -0.2) is 0 Å². The minimum Gasteiger partial charge on any atom is -0.338 e. The van der Waals surface area contributed by atoms with Gasteiger partial charge in [0, 0.05) is 0 Å². The van der Waals surface area contributed by atoms with Crippen LogP contribution >= 0.6 is 0 Å². The summed E-state index contributed by atoms with van der Waals surface area (Å²) in [5.41, 5.74) is 1.07. The molecule has 0 spiro atoms. The Kier molecular flexibility index (Phi) is 4.20. The molecule has 1 rings (SSSR count). The molecule has 76 valence electrons. The van der Waals surface area contributed by atoms with Crippen molar-refractivity contribution < 1.29 is 9.78 Å². The van der Waals surface area contributed by atoms with E-state index in [1.54, 1.807) is 6.08 Å². The topological polar surface area (TPSA) is 18.5 Å². The highest BCUT2D eigenvalue weighted by Gasteiger charge is 1.96. The van der Waals surface area contributed by atoms with E-state index in [2.05, 4.69) is 20.4 Å². The molecule has 0 fully saturated rings. The fourth-order valence-electron chi connectivity index (χ4n) is 0.898. The average Bonchev–Trinajstić information content (AvgIpc) is 2.18. The maximum Gasteiger partial charge on any atom is 0.165 e. The highest BCUT2D eigenvalue weighted by atomic mass is 17.2. The summed E-state index contributed by atoms with van der Waals surface area (Å²) in [6, 6.07) is 7.58. The monoisotopic (exact) mass is 192 g/mol. The molecule has 1 aromatic carbocycles. The van der Waals surface area contributed by atoms with Gasteiger partial charge in [0.1, 0.15) is 0 Å². The Morgan fingerprint density at radius 3 is 2.43 bits per heavy atom. The second kappa shape index (κ2) is 5.45. The average molecular weight is 192 g/mol. The minimum absolute atomic E-state index is 0.474. The third-order valence-electron chi connectivity index (χ3n) is 1.67. The van der Waals surface area contributed by atoms with Crippen LogP contribution in [0.3, 0.4) is 0 Å². The van der Waals surface area contributed by atoms with Gasteiger partial charge in [0.25, 0.3) is 0 Å². The van der Waals surface area contributed by atoms with Crippen molar-refractivity contribution in [3.8, 4) is 5.75 Å². The van der Waals surface area contributed by atoms with Crippen molar-refractivity contribution in [2.75, 3.05) is 6.61 Å². The molecule has 0 amide bonds. The molecule has 0 N–H and O–H groups in total.